The summed E-state index contributed by atoms with van der Waals surface area (Å²) in [5.41, 5.74) is 1.57. The van der Waals surface area contributed by atoms with Crippen LogP contribution in [-0.2, 0) is 0 Å². The number of aliphatic hydroxyl groups is 1. The van der Waals surface area contributed by atoms with E-state index >= 15 is 0 Å². The predicted molar refractivity (Wildman–Crippen MR) is 64.8 cm³/mol. The van der Waals surface area contributed by atoms with Gasteiger partial charge >= 0.3 is 0 Å². The molecule has 1 aliphatic rings. The monoisotopic (exact) mass is 230 g/mol. The van der Waals surface area contributed by atoms with Crippen molar-refractivity contribution in [2.75, 3.05) is 13.1 Å². The normalized spacial score (nSPS) is 20.1. The molecule has 2 aromatic rings. The van der Waals surface area contributed by atoms with Gasteiger partial charge < -0.3 is 15.0 Å². The van der Waals surface area contributed by atoms with E-state index in [9.17, 15) is 9.90 Å². The van der Waals surface area contributed by atoms with Crippen LogP contribution in [0.3, 0.4) is 0 Å². The summed E-state index contributed by atoms with van der Waals surface area (Å²) in [5.74, 6) is -0.0299. The van der Waals surface area contributed by atoms with E-state index in [0.29, 0.717) is 25.2 Å². The number of para-hydroxylation sites is 1. The molecule has 0 saturated carbocycles. The summed E-state index contributed by atoms with van der Waals surface area (Å²) in [7, 11) is 0. The SMILES string of the molecule is O=C(c1cc2ccccc2[nH]1)N1CC[C@@H](O)C1. The lowest BCUT2D eigenvalue weighted by Gasteiger charge is -2.13. The fourth-order valence-electron chi connectivity index (χ4n) is 2.29. The van der Waals surface area contributed by atoms with Crippen LogP contribution in [0.25, 0.3) is 10.9 Å². The van der Waals surface area contributed by atoms with Crippen molar-refractivity contribution in [1.29, 1.82) is 0 Å². The summed E-state index contributed by atoms with van der Waals surface area (Å²) in [6.07, 6.45) is 0.301. The van der Waals surface area contributed by atoms with E-state index in [2.05, 4.69) is 4.98 Å². The lowest BCUT2D eigenvalue weighted by molar-refractivity contribution is 0.0760. The van der Waals surface area contributed by atoms with Crippen molar-refractivity contribution < 1.29 is 9.90 Å². The Morgan fingerprint density at radius 1 is 1.41 bits per heavy atom. The van der Waals surface area contributed by atoms with Crippen LogP contribution < -0.4 is 0 Å². The van der Waals surface area contributed by atoms with Gasteiger partial charge in [0.1, 0.15) is 5.69 Å². The lowest BCUT2D eigenvalue weighted by atomic mass is 10.2. The molecule has 2 heterocycles. The number of H-pyrrole nitrogens is 1. The zero-order valence-corrected chi connectivity index (χ0v) is 9.39. The van der Waals surface area contributed by atoms with Crippen molar-refractivity contribution in [3.63, 3.8) is 0 Å². The van der Waals surface area contributed by atoms with Gasteiger partial charge in [0.2, 0.25) is 0 Å². The van der Waals surface area contributed by atoms with E-state index < -0.39 is 0 Å². The molecule has 1 atom stereocenters. The van der Waals surface area contributed by atoms with Crippen LogP contribution >= 0.6 is 0 Å². The highest BCUT2D eigenvalue weighted by atomic mass is 16.3. The number of fused-ring (bicyclic) bond motifs is 1. The van der Waals surface area contributed by atoms with Crippen LogP contribution in [0.1, 0.15) is 16.9 Å². The first-order chi connectivity index (χ1) is 8.24. The molecule has 1 aromatic carbocycles. The maximum Gasteiger partial charge on any atom is 0.270 e. The molecule has 1 aromatic heterocycles. The van der Waals surface area contributed by atoms with Gasteiger partial charge in [-0.1, -0.05) is 18.2 Å². The molecule has 1 fully saturated rings. The second kappa shape index (κ2) is 3.89. The van der Waals surface area contributed by atoms with Crippen molar-refractivity contribution >= 4 is 16.8 Å². The standard InChI is InChI=1S/C13H14N2O2/c16-10-5-6-15(8-10)13(17)12-7-9-3-1-2-4-11(9)14-12/h1-4,7,10,14,16H,5-6,8H2/t10-/m1/s1. The largest absolute Gasteiger partial charge is 0.391 e. The molecule has 0 spiro atoms. The molecule has 88 valence electrons. The number of hydrogen-bond donors (Lipinski definition) is 2. The number of likely N-dealkylation sites (tertiary alicyclic amines) is 1. The van der Waals surface area contributed by atoms with Gasteiger partial charge in [-0.15, -0.1) is 0 Å². The molecule has 4 heteroatoms. The Labute approximate surface area is 98.9 Å². The van der Waals surface area contributed by atoms with Gasteiger partial charge in [0, 0.05) is 24.0 Å². The molecule has 1 amide bonds. The summed E-state index contributed by atoms with van der Waals surface area (Å²) in [6.45, 7) is 1.07. The van der Waals surface area contributed by atoms with Gasteiger partial charge in [-0.3, -0.25) is 4.79 Å². The van der Waals surface area contributed by atoms with Crippen LogP contribution in [0.15, 0.2) is 30.3 Å². The molecule has 2 N–H and O–H groups in total. The molecule has 3 rings (SSSR count). The number of aliphatic hydroxyl groups excluding tert-OH is 1. The smallest absolute Gasteiger partial charge is 0.270 e. The van der Waals surface area contributed by atoms with Crippen LogP contribution in [0.5, 0.6) is 0 Å². The maximum absolute atomic E-state index is 12.1. The van der Waals surface area contributed by atoms with E-state index in [4.69, 9.17) is 0 Å². The first-order valence-corrected chi connectivity index (χ1v) is 5.79. The number of carbonyl (C=O) groups is 1. The average Bonchev–Trinajstić information content (AvgIpc) is 2.93. The number of benzene rings is 1. The number of amides is 1. The summed E-state index contributed by atoms with van der Waals surface area (Å²) >= 11 is 0. The Kier molecular flexibility index (Phi) is 2.37. The Hall–Kier alpha value is -1.81. The van der Waals surface area contributed by atoms with Crippen LogP contribution in [0.4, 0.5) is 0 Å². The first-order valence-electron chi connectivity index (χ1n) is 5.79. The molecule has 17 heavy (non-hydrogen) atoms. The van der Waals surface area contributed by atoms with Crippen molar-refractivity contribution in [2.45, 2.75) is 12.5 Å². The number of nitrogens with one attached hydrogen (secondary N) is 1. The van der Waals surface area contributed by atoms with Gasteiger partial charge in [0.25, 0.3) is 5.91 Å². The minimum absolute atomic E-state index is 0.0299. The molecule has 0 radical (unpaired) electrons. The summed E-state index contributed by atoms with van der Waals surface area (Å²) < 4.78 is 0. The zero-order valence-electron chi connectivity index (χ0n) is 9.39. The molecular formula is C13H14N2O2. The minimum Gasteiger partial charge on any atom is -0.391 e. The van der Waals surface area contributed by atoms with Gasteiger partial charge in [0.15, 0.2) is 0 Å². The van der Waals surface area contributed by atoms with Crippen LogP contribution in [-0.4, -0.2) is 40.1 Å². The third-order valence-corrected chi connectivity index (χ3v) is 3.21. The minimum atomic E-state index is -0.372. The number of nitrogens with zero attached hydrogens (tertiary/aromatic N) is 1. The highest BCUT2D eigenvalue weighted by Gasteiger charge is 2.26. The predicted octanol–water partition coefficient (Wildman–Crippen LogP) is 1.37. The average molecular weight is 230 g/mol. The van der Waals surface area contributed by atoms with E-state index in [0.717, 1.165) is 10.9 Å². The van der Waals surface area contributed by atoms with E-state index in [1.54, 1.807) is 4.90 Å². The van der Waals surface area contributed by atoms with E-state index in [1.165, 1.54) is 0 Å². The quantitative estimate of drug-likeness (QED) is 0.777. The second-order valence-electron chi connectivity index (χ2n) is 4.46. The number of β-amino-alcohol motifs (C(OH)–C–C–N with tert-alkyl or cyclic N) is 1. The molecule has 0 unspecified atom stereocenters. The Bertz CT molecular complexity index is 528. The van der Waals surface area contributed by atoms with Crippen molar-refractivity contribution in [3.05, 3.63) is 36.0 Å². The van der Waals surface area contributed by atoms with Crippen molar-refractivity contribution in [1.82, 2.24) is 9.88 Å². The van der Waals surface area contributed by atoms with Gasteiger partial charge in [-0.05, 0) is 18.6 Å². The highest BCUT2D eigenvalue weighted by molar-refractivity contribution is 5.98. The van der Waals surface area contributed by atoms with Gasteiger partial charge in [-0.2, -0.15) is 0 Å². The Morgan fingerprint density at radius 3 is 2.94 bits per heavy atom. The lowest BCUT2D eigenvalue weighted by Crippen LogP contribution is -2.29. The summed E-state index contributed by atoms with van der Waals surface area (Å²) in [5, 5.41) is 10.5. The summed E-state index contributed by atoms with van der Waals surface area (Å²) in [4.78, 5) is 16.9. The van der Waals surface area contributed by atoms with E-state index in [-0.39, 0.29) is 12.0 Å². The van der Waals surface area contributed by atoms with Crippen LogP contribution in [0.2, 0.25) is 0 Å². The number of aromatic nitrogens is 1. The highest BCUT2D eigenvalue weighted by Crippen LogP contribution is 2.18. The number of aromatic amines is 1. The molecule has 0 aliphatic carbocycles. The molecule has 0 bridgehead atoms. The number of hydrogen-bond acceptors (Lipinski definition) is 2. The summed E-state index contributed by atoms with van der Waals surface area (Å²) in [6, 6.07) is 9.67. The number of rotatable bonds is 1. The first kappa shape index (κ1) is 10.4. The Morgan fingerprint density at radius 2 is 2.24 bits per heavy atom. The maximum atomic E-state index is 12.1. The molecule has 4 nitrogen and oxygen atoms in total. The van der Waals surface area contributed by atoms with E-state index in [1.807, 2.05) is 30.3 Å². The third-order valence-electron chi connectivity index (χ3n) is 3.21. The molecular weight excluding hydrogens is 216 g/mol. The fourth-order valence-corrected chi connectivity index (χ4v) is 2.29. The fraction of sp³-hybridized carbons (Fsp3) is 0.308. The van der Waals surface area contributed by atoms with Gasteiger partial charge in [-0.25, -0.2) is 0 Å². The topological polar surface area (TPSA) is 56.3 Å². The second-order valence-corrected chi connectivity index (χ2v) is 4.46. The molecule has 1 aliphatic heterocycles. The molecule has 1 saturated heterocycles. The Balaban J connectivity index is 1.90. The van der Waals surface area contributed by atoms with Crippen molar-refractivity contribution in [3.8, 4) is 0 Å². The number of carbonyl (C=O) groups excluding carboxylic acids is 1. The van der Waals surface area contributed by atoms with Crippen molar-refractivity contribution in [2.24, 2.45) is 0 Å². The van der Waals surface area contributed by atoms with Gasteiger partial charge in [0.05, 0.1) is 6.10 Å². The van der Waals surface area contributed by atoms with Crippen LogP contribution in [0, 0.1) is 0 Å². The zero-order chi connectivity index (χ0) is 11.8. The third kappa shape index (κ3) is 1.80.